The van der Waals surface area contributed by atoms with Gasteiger partial charge in [-0.3, -0.25) is 9.59 Å². The Morgan fingerprint density at radius 3 is 2.48 bits per heavy atom. The van der Waals surface area contributed by atoms with Crippen LogP contribution in [0.1, 0.15) is 42.9 Å². The van der Waals surface area contributed by atoms with E-state index in [0.29, 0.717) is 18.6 Å². The lowest BCUT2D eigenvalue weighted by atomic mass is 10.0. The Hall–Kier alpha value is -3.09. The lowest BCUT2D eigenvalue weighted by molar-refractivity contribution is 0.0654. The standard InChI is InChI=1S/C22H24FN3O3/c1-4-24-12-17(13(2)3)26-16-9-10-25(11-14-5-7-15(23)8-6-14)21(28)18(16)20(27)19(26)22(24)29/h5-10,13,17,27H,4,11-12H2,1-3H3/t17-/m1/s1. The van der Waals surface area contributed by atoms with Crippen molar-refractivity contribution < 1.29 is 14.3 Å². The van der Waals surface area contributed by atoms with E-state index in [9.17, 15) is 19.1 Å². The van der Waals surface area contributed by atoms with Gasteiger partial charge < -0.3 is 19.1 Å². The van der Waals surface area contributed by atoms with E-state index in [0.717, 1.165) is 5.56 Å². The van der Waals surface area contributed by atoms with Crippen LogP contribution in [-0.4, -0.2) is 38.1 Å². The fourth-order valence-corrected chi connectivity index (χ4v) is 4.12. The third-order valence-electron chi connectivity index (χ3n) is 5.75. The number of nitrogens with zero attached hydrogens (tertiary/aromatic N) is 3. The van der Waals surface area contributed by atoms with Crippen LogP contribution in [0.4, 0.5) is 4.39 Å². The van der Waals surface area contributed by atoms with Crippen molar-refractivity contribution in [2.75, 3.05) is 13.1 Å². The molecule has 0 fully saturated rings. The Kier molecular flexibility index (Phi) is 4.68. The summed E-state index contributed by atoms with van der Waals surface area (Å²) >= 11 is 0. The summed E-state index contributed by atoms with van der Waals surface area (Å²) in [5.41, 5.74) is 1.15. The van der Waals surface area contributed by atoms with E-state index in [2.05, 4.69) is 13.8 Å². The molecule has 6 nitrogen and oxygen atoms in total. The van der Waals surface area contributed by atoms with Crippen molar-refractivity contribution in [3.63, 3.8) is 0 Å². The van der Waals surface area contributed by atoms with E-state index >= 15 is 0 Å². The van der Waals surface area contributed by atoms with Crippen LogP contribution in [0.25, 0.3) is 10.9 Å². The minimum Gasteiger partial charge on any atom is -0.505 e. The first-order chi connectivity index (χ1) is 13.8. The molecule has 2 aromatic heterocycles. The van der Waals surface area contributed by atoms with Gasteiger partial charge >= 0.3 is 0 Å². The van der Waals surface area contributed by atoms with Gasteiger partial charge in [0.15, 0.2) is 11.4 Å². The molecule has 1 atom stereocenters. The van der Waals surface area contributed by atoms with Crippen LogP contribution in [0.5, 0.6) is 5.75 Å². The molecule has 1 N–H and O–H groups in total. The first kappa shape index (κ1) is 19.2. The first-order valence-corrected chi connectivity index (χ1v) is 9.83. The lowest BCUT2D eigenvalue weighted by Crippen LogP contribution is -2.44. The van der Waals surface area contributed by atoms with E-state index in [1.807, 2.05) is 11.5 Å². The number of fused-ring (bicyclic) bond motifs is 3. The number of likely N-dealkylation sites (N-methyl/N-ethyl adjacent to an activating group) is 1. The normalized spacial score (nSPS) is 16.7. The van der Waals surface area contributed by atoms with Crippen LogP contribution in [-0.2, 0) is 6.54 Å². The largest absolute Gasteiger partial charge is 0.505 e. The average Bonchev–Trinajstić information content (AvgIpc) is 2.99. The molecule has 0 aliphatic carbocycles. The fourth-order valence-electron chi connectivity index (χ4n) is 4.12. The van der Waals surface area contributed by atoms with Gasteiger partial charge in [-0.2, -0.15) is 0 Å². The van der Waals surface area contributed by atoms with E-state index in [1.54, 1.807) is 29.3 Å². The van der Waals surface area contributed by atoms with Crippen molar-refractivity contribution in [1.29, 1.82) is 0 Å². The zero-order valence-corrected chi connectivity index (χ0v) is 16.7. The molecule has 0 saturated heterocycles. The summed E-state index contributed by atoms with van der Waals surface area (Å²) in [4.78, 5) is 27.8. The highest BCUT2D eigenvalue weighted by molar-refractivity contribution is 6.04. The molecular weight excluding hydrogens is 373 g/mol. The molecule has 1 aliphatic heterocycles. The number of amides is 1. The number of aromatic nitrogens is 2. The van der Waals surface area contributed by atoms with Crippen molar-refractivity contribution in [3.05, 3.63) is 64.0 Å². The van der Waals surface area contributed by atoms with Crippen LogP contribution in [0.15, 0.2) is 41.3 Å². The molecule has 0 unspecified atom stereocenters. The molecule has 4 rings (SSSR count). The molecule has 0 spiro atoms. The minimum absolute atomic E-state index is 0.0293. The quantitative estimate of drug-likeness (QED) is 0.734. The molecule has 29 heavy (non-hydrogen) atoms. The molecule has 3 aromatic rings. The van der Waals surface area contributed by atoms with Crippen LogP contribution < -0.4 is 5.56 Å². The highest BCUT2D eigenvalue weighted by Crippen LogP contribution is 2.39. The number of hydrogen-bond donors (Lipinski definition) is 1. The summed E-state index contributed by atoms with van der Waals surface area (Å²) in [6.07, 6.45) is 1.66. The van der Waals surface area contributed by atoms with E-state index in [1.165, 1.54) is 16.7 Å². The van der Waals surface area contributed by atoms with Gasteiger partial charge in [0.25, 0.3) is 11.5 Å². The summed E-state index contributed by atoms with van der Waals surface area (Å²) in [5, 5.41) is 11.0. The van der Waals surface area contributed by atoms with Gasteiger partial charge in [-0.15, -0.1) is 0 Å². The molecule has 0 bridgehead atoms. The molecule has 1 aliphatic rings. The second kappa shape index (κ2) is 7.06. The van der Waals surface area contributed by atoms with Crippen molar-refractivity contribution >= 4 is 16.8 Å². The van der Waals surface area contributed by atoms with Crippen molar-refractivity contribution in [2.45, 2.75) is 33.4 Å². The van der Waals surface area contributed by atoms with Gasteiger partial charge in [0.2, 0.25) is 0 Å². The summed E-state index contributed by atoms with van der Waals surface area (Å²) in [6, 6.07) is 7.67. The van der Waals surface area contributed by atoms with Crippen LogP contribution >= 0.6 is 0 Å². The maximum Gasteiger partial charge on any atom is 0.274 e. The van der Waals surface area contributed by atoms with E-state index in [-0.39, 0.29) is 52.6 Å². The first-order valence-electron chi connectivity index (χ1n) is 9.83. The summed E-state index contributed by atoms with van der Waals surface area (Å²) in [6.45, 7) is 7.37. The molecular formula is C22H24FN3O3. The van der Waals surface area contributed by atoms with Crippen LogP contribution in [0.2, 0.25) is 0 Å². The number of hydrogen-bond acceptors (Lipinski definition) is 3. The second-order valence-electron chi connectivity index (χ2n) is 7.86. The Morgan fingerprint density at radius 2 is 1.86 bits per heavy atom. The van der Waals surface area contributed by atoms with Gasteiger partial charge in [-0.1, -0.05) is 26.0 Å². The Bertz CT molecular complexity index is 1140. The smallest absolute Gasteiger partial charge is 0.274 e. The van der Waals surface area contributed by atoms with Gasteiger partial charge in [0, 0.05) is 19.3 Å². The molecule has 7 heteroatoms. The number of aromatic hydroxyl groups is 1. The maximum absolute atomic E-state index is 13.2. The molecule has 1 aromatic carbocycles. The Balaban J connectivity index is 1.90. The van der Waals surface area contributed by atoms with Gasteiger partial charge in [0.1, 0.15) is 11.2 Å². The number of halogens is 1. The predicted molar refractivity (Wildman–Crippen MR) is 109 cm³/mol. The zero-order chi connectivity index (χ0) is 20.9. The Morgan fingerprint density at radius 1 is 1.17 bits per heavy atom. The van der Waals surface area contributed by atoms with Crippen molar-refractivity contribution in [1.82, 2.24) is 14.0 Å². The minimum atomic E-state index is -0.371. The molecule has 0 radical (unpaired) electrons. The highest BCUT2D eigenvalue weighted by atomic mass is 19.1. The van der Waals surface area contributed by atoms with Crippen molar-refractivity contribution in [2.24, 2.45) is 5.92 Å². The third kappa shape index (κ3) is 3.01. The molecule has 152 valence electrons. The third-order valence-corrected chi connectivity index (χ3v) is 5.75. The van der Waals surface area contributed by atoms with Crippen LogP contribution in [0.3, 0.4) is 0 Å². The molecule has 1 amide bonds. The number of rotatable bonds is 4. The van der Waals surface area contributed by atoms with Crippen LogP contribution in [0, 0.1) is 11.7 Å². The van der Waals surface area contributed by atoms with Gasteiger partial charge in [-0.05, 0) is 36.6 Å². The second-order valence-corrected chi connectivity index (χ2v) is 7.86. The lowest BCUT2D eigenvalue weighted by Gasteiger charge is -2.36. The number of benzene rings is 1. The summed E-state index contributed by atoms with van der Waals surface area (Å²) < 4.78 is 16.4. The molecule has 3 heterocycles. The van der Waals surface area contributed by atoms with Gasteiger partial charge in [-0.25, -0.2) is 4.39 Å². The number of carbonyl (C=O) groups is 1. The van der Waals surface area contributed by atoms with Gasteiger partial charge in [0.05, 0.1) is 18.1 Å². The van der Waals surface area contributed by atoms with E-state index in [4.69, 9.17) is 0 Å². The SMILES string of the molecule is CCN1C[C@H](C(C)C)n2c(c(O)c3c(=O)n(Cc4ccc(F)cc4)ccc32)C1=O. The summed E-state index contributed by atoms with van der Waals surface area (Å²) in [7, 11) is 0. The topological polar surface area (TPSA) is 67.5 Å². The summed E-state index contributed by atoms with van der Waals surface area (Å²) in [5.74, 6) is -0.643. The maximum atomic E-state index is 13.2. The van der Waals surface area contributed by atoms with E-state index < -0.39 is 0 Å². The predicted octanol–water partition coefficient (Wildman–Crippen LogP) is 3.37. The fraction of sp³-hybridized carbons (Fsp3) is 0.364. The monoisotopic (exact) mass is 397 g/mol. The number of carbonyl (C=O) groups excluding carboxylic acids is 1. The Labute approximate surface area is 167 Å². The van der Waals surface area contributed by atoms with Crippen molar-refractivity contribution in [3.8, 4) is 5.75 Å². The average molecular weight is 397 g/mol. The zero-order valence-electron chi connectivity index (χ0n) is 16.7. The molecule has 0 saturated carbocycles. The number of pyridine rings is 1. The highest BCUT2D eigenvalue weighted by Gasteiger charge is 2.37.